The summed E-state index contributed by atoms with van der Waals surface area (Å²) in [5.41, 5.74) is 1.59. The zero-order valence-corrected chi connectivity index (χ0v) is 16.4. The topological polar surface area (TPSA) is 115 Å². The maximum Gasteiger partial charge on any atom is 0.412 e. The number of carbonyl (C=O) groups is 3. The number of anilines is 2. The van der Waals surface area contributed by atoms with Gasteiger partial charge in [0.15, 0.2) is 6.29 Å². The van der Waals surface area contributed by atoms with Crippen LogP contribution in [0.2, 0.25) is 0 Å². The molecule has 0 aromatic carbocycles. The Hall–Kier alpha value is -3.23. The van der Waals surface area contributed by atoms with Crippen molar-refractivity contribution >= 4 is 29.7 Å². The maximum atomic E-state index is 11.4. The van der Waals surface area contributed by atoms with E-state index in [0.717, 1.165) is 12.0 Å². The van der Waals surface area contributed by atoms with Gasteiger partial charge in [0.25, 0.3) is 0 Å². The monoisotopic (exact) mass is 378 g/mol. The van der Waals surface area contributed by atoms with Crippen molar-refractivity contribution in [2.75, 3.05) is 17.7 Å². The van der Waals surface area contributed by atoms with E-state index in [0.29, 0.717) is 11.4 Å². The summed E-state index contributed by atoms with van der Waals surface area (Å²) in [4.78, 5) is 32.5. The van der Waals surface area contributed by atoms with Crippen molar-refractivity contribution in [3.05, 3.63) is 35.9 Å². The lowest BCUT2D eigenvalue weighted by Gasteiger charge is -2.19. The second-order valence-electron chi connectivity index (χ2n) is 6.79. The summed E-state index contributed by atoms with van der Waals surface area (Å²) in [7, 11) is 5.18. The number of carbonyl (C=O) groups excluding carboxylic acids is 2. The van der Waals surface area contributed by atoms with Crippen LogP contribution in [-0.4, -0.2) is 45.2 Å². The number of hydrogen-bond acceptors (Lipinski definition) is 5. The number of aldehydes is 1. The van der Waals surface area contributed by atoms with E-state index in [2.05, 4.69) is 10.6 Å². The summed E-state index contributed by atoms with van der Waals surface area (Å²) in [5.74, 6) is -0.908. The van der Waals surface area contributed by atoms with Gasteiger partial charge < -0.3 is 24.3 Å². The van der Waals surface area contributed by atoms with Crippen LogP contribution in [0.5, 0.6) is 0 Å². The van der Waals surface area contributed by atoms with Crippen LogP contribution in [0.25, 0.3) is 0 Å². The molecule has 0 fully saturated rings. The van der Waals surface area contributed by atoms with E-state index in [1.807, 2.05) is 0 Å². The number of rotatable bonds is 4. The summed E-state index contributed by atoms with van der Waals surface area (Å²) >= 11 is 0. The first kappa shape index (κ1) is 21.8. The van der Waals surface area contributed by atoms with Crippen molar-refractivity contribution in [2.24, 2.45) is 14.1 Å². The van der Waals surface area contributed by atoms with Gasteiger partial charge in [-0.3, -0.25) is 10.1 Å². The van der Waals surface area contributed by atoms with E-state index in [9.17, 15) is 14.4 Å². The molecule has 0 aliphatic carbocycles. The molecule has 0 unspecified atom stereocenters. The molecule has 0 saturated carbocycles. The molecule has 9 heteroatoms. The third-order valence-corrected chi connectivity index (χ3v) is 3.32. The molecule has 0 radical (unpaired) electrons. The third kappa shape index (κ3) is 6.89. The van der Waals surface area contributed by atoms with E-state index >= 15 is 0 Å². The minimum absolute atomic E-state index is 0.286. The van der Waals surface area contributed by atoms with Crippen molar-refractivity contribution in [3.8, 4) is 0 Å². The smallest absolute Gasteiger partial charge is 0.412 e. The summed E-state index contributed by atoms with van der Waals surface area (Å²) < 4.78 is 8.27. The molecule has 148 valence electrons. The lowest BCUT2D eigenvalue weighted by molar-refractivity contribution is 0.0633. The largest absolute Gasteiger partial charge is 0.477 e. The van der Waals surface area contributed by atoms with Gasteiger partial charge in [0.2, 0.25) is 0 Å². The lowest BCUT2D eigenvalue weighted by Crippen LogP contribution is -2.27. The summed E-state index contributed by atoms with van der Waals surface area (Å²) in [6.07, 6.45) is 3.56. The zero-order chi connectivity index (χ0) is 20.8. The molecule has 2 heterocycles. The number of aromatic nitrogens is 2. The average molecular weight is 378 g/mol. The van der Waals surface area contributed by atoms with Gasteiger partial charge >= 0.3 is 12.1 Å². The van der Waals surface area contributed by atoms with Crippen LogP contribution in [0, 0.1) is 0 Å². The van der Waals surface area contributed by atoms with E-state index in [-0.39, 0.29) is 5.69 Å². The van der Waals surface area contributed by atoms with Gasteiger partial charge in [-0.25, -0.2) is 9.59 Å². The van der Waals surface area contributed by atoms with Gasteiger partial charge in [-0.2, -0.15) is 0 Å². The Kier molecular flexibility index (Phi) is 7.21. The van der Waals surface area contributed by atoms with E-state index in [1.54, 1.807) is 75.6 Å². The molecule has 2 aromatic rings. The molecule has 0 bridgehead atoms. The maximum absolute atomic E-state index is 11.4. The van der Waals surface area contributed by atoms with E-state index < -0.39 is 17.7 Å². The first-order valence-electron chi connectivity index (χ1n) is 8.15. The molecule has 0 aliphatic rings. The average Bonchev–Trinajstić information content (AvgIpc) is 3.08. The number of carboxylic acid groups (broad SMARTS) is 1. The number of hydrogen-bond donors (Lipinski definition) is 3. The van der Waals surface area contributed by atoms with Gasteiger partial charge in [-0.1, -0.05) is 0 Å². The van der Waals surface area contributed by atoms with Crippen LogP contribution < -0.4 is 10.6 Å². The van der Waals surface area contributed by atoms with Crippen LogP contribution in [0.4, 0.5) is 16.2 Å². The standard InChI is InChI=1S/C11H16N2O3.C7H10N2O2/c1-11(2,3)16-10(15)12-8-5-9(7-14)13(4)6-8;1-8-5-3-6(7(10)11)9(2)4-5/h5-7H,1-4H3,(H,12,15);3-4,8H,1-2H3,(H,10,11). The first-order chi connectivity index (χ1) is 12.5. The Balaban J connectivity index is 0.000000289. The molecule has 3 N–H and O–H groups in total. The fourth-order valence-corrected chi connectivity index (χ4v) is 2.10. The number of amides is 1. The van der Waals surface area contributed by atoms with Crippen molar-refractivity contribution in [1.29, 1.82) is 0 Å². The zero-order valence-electron chi connectivity index (χ0n) is 16.4. The van der Waals surface area contributed by atoms with Crippen molar-refractivity contribution in [3.63, 3.8) is 0 Å². The number of ether oxygens (including phenoxy) is 1. The van der Waals surface area contributed by atoms with Gasteiger partial charge in [-0.15, -0.1) is 0 Å². The predicted octanol–water partition coefficient (Wildman–Crippen LogP) is 2.95. The van der Waals surface area contributed by atoms with Crippen LogP contribution >= 0.6 is 0 Å². The molecule has 2 rings (SSSR count). The molecule has 0 saturated heterocycles. The van der Waals surface area contributed by atoms with Gasteiger partial charge in [0, 0.05) is 33.5 Å². The van der Waals surface area contributed by atoms with Gasteiger partial charge in [-0.05, 0) is 32.9 Å². The van der Waals surface area contributed by atoms with E-state index in [1.165, 1.54) is 0 Å². The highest BCUT2D eigenvalue weighted by molar-refractivity contribution is 5.87. The van der Waals surface area contributed by atoms with Crippen LogP contribution in [0.1, 0.15) is 41.7 Å². The molecule has 27 heavy (non-hydrogen) atoms. The second kappa shape index (κ2) is 8.93. The number of nitrogens with one attached hydrogen (secondary N) is 2. The lowest BCUT2D eigenvalue weighted by atomic mass is 10.2. The Labute approximate surface area is 157 Å². The highest BCUT2D eigenvalue weighted by Crippen LogP contribution is 2.14. The Bertz CT molecular complexity index is 814. The molecular formula is C18H26N4O5. The first-order valence-corrected chi connectivity index (χ1v) is 8.15. The second-order valence-corrected chi connectivity index (χ2v) is 6.79. The molecule has 0 atom stereocenters. The van der Waals surface area contributed by atoms with Crippen LogP contribution in [0.15, 0.2) is 24.5 Å². The molecule has 9 nitrogen and oxygen atoms in total. The van der Waals surface area contributed by atoms with Gasteiger partial charge in [0.1, 0.15) is 11.3 Å². The molecule has 2 aromatic heterocycles. The molecule has 0 spiro atoms. The normalized spacial score (nSPS) is 10.4. The van der Waals surface area contributed by atoms with Crippen molar-refractivity contribution in [2.45, 2.75) is 26.4 Å². The Morgan fingerprint density at radius 2 is 1.70 bits per heavy atom. The minimum Gasteiger partial charge on any atom is -0.477 e. The fourth-order valence-electron chi connectivity index (χ4n) is 2.10. The van der Waals surface area contributed by atoms with E-state index in [4.69, 9.17) is 9.84 Å². The number of aryl methyl sites for hydroxylation is 2. The number of nitrogens with zero attached hydrogens (tertiary/aromatic N) is 2. The molecular weight excluding hydrogens is 352 g/mol. The quantitative estimate of drug-likeness (QED) is 0.705. The summed E-state index contributed by atoms with van der Waals surface area (Å²) in [6, 6.07) is 3.17. The minimum atomic E-state index is -0.908. The van der Waals surface area contributed by atoms with Crippen molar-refractivity contribution in [1.82, 2.24) is 9.13 Å². The highest BCUT2D eigenvalue weighted by atomic mass is 16.6. The summed E-state index contributed by atoms with van der Waals surface area (Å²) in [5, 5.41) is 14.0. The predicted molar refractivity (Wildman–Crippen MR) is 103 cm³/mol. The van der Waals surface area contributed by atoms with Crippen LogP contribution in [-0.2, 0) is 18.8 Å². The Morgan fingerprint density at radius 1 is 1.11 bits per heavy atom. The highest BCUT2D eigenvalue weighted by Gasteiger charge is 2.16. The van der Waals surface area contributed by atoms with Gasteiger partial charge in [0.05, 0.1) is 17.1 Å². The molecule has 1 amide bonds. The summed E-state index contributed by atoms with van der Waals surface area (Å²) in [6.45, 7) is 5.36. The van der Waals surface area contributed by atoms with Crippen molar-refractivity contribution < 1.29 is 24.2 Å². The number of aromatic carboxylic acids is 1. The number of carboxylic acids is 1. The van der Waals surface area contributed by atoms with Crippen LogP contribution in [0.3, 0.4) is 0 Å². The SMILES string of the molecule is CNc1cc(C(=O)O)n(C)c1.Cn1cc(NC(=O)OC(C)(C)C)cc1C=O. The molecule has 0 aliphatic heterocycles. The fraction of sp³-hybridized carbons (Fsp3) is 0.389. The third-order valence-electron chi connectivity index (χ3n) is 3.32. The Morgan fingerprint density at radius 3 is 2.07 bits per heavy atom.